The zero-order valence-corrected chi connectivity index (χ0v) is 16.2. The molecular weight excluding hydrogens is 348 g/mol. The van der Waals surface area contributed by atoms with Crippen LogP contribution in [0.5, 0.6) is 0 Å². The lowest BCUT2D eigenvalue weighted by molar-refractivity contribution is 0.0635. The molecule has 27 heavy (non-hydrogen) atoms. The van der Waals surface area contributed by atoms with Gasteiger partial charge in [0, 0.05) is 35.9 Å². The van der Waals surface area contributed by atoms with Gasteiger partial charge in [0.05, 0.1) is 12.1 Å². The first-order chi connectivity index (χ1) is 12.6. The van der Waals surface area contributed by atoms with Gasteiger partial charge in [-0.05, 0) is 45.9 Å². The van der Waals surface area contributed by atoms with Crippen LogP contribution in [-0.4, -0.2) is 52.0 Å². The Bertz CT molecular complexity index is 926. The van der Waals surface area contributed by atoms with Crippen LogP contribution < -0.4 is 5.32 Å². The number of aromatic amines is 1. The quantitative estimate of drug-likeness (QED) is 0.843. The van der Waals surface area contributed by atoms with Gasteiger partial charge >= 0.3 is 12.1 Å². The highest BCUT2D eigenvalue weighted by atomic mass is 16.6. The highest BCUT2D eigenvalue weighted by molar-refractivity contribution is 6.14. The zero-order valence-electron chi connectivity index (χ0n) is 16.2. The standard InChI is InChI=1S/C19H24N4O4/c1-6-23-10-14-15(16(24)22(5)18(23)26)12-9-11(7-8-13(12)21-14)20-17(25)27-19(2,3)4/h7-9,21H,6,10H2,1-5H3,(H,20,25). The van der Waals surface area contributed by atoms with Gasteiger partial charge in [0.2, 0.25) is 0 Å². The molecule has 2 aromatic rings. The number of carbonyl (C=O) groups excluding carboxylic acids is 3. The molecular formula is C19H24N4O4. The minimum atomic E-state index is -0.609. The summed E-state index contributed by atoms with van der Waals surface area (Å²) in [5.74, 6) is -0.369. The van der Waals surface area contributed by atoms with E-state index in [-0.39, 0.29) is 11.9 Å². The molecule has 0 radical (unpaired) electrons. The molecule has 0 saturated heterocycles. The normalized spacial score (nSPS) is 15.0. The summed E-state index contributed by atoms with van der Waals surface area (Å²) in [6.45, 7) is 8.04. The van der Waals surface area contributed by atoms with Gasteiger partial charge in [-0.15, -0.1) is 0 Å². The number of aromatic nitrogens is 1. The third kappa shape index (κ3) is 3.60. The maximum atomic E-state index is 12.9. The first-order valence-electron chi connectivity index (χ1n) is 8.82. The number of ether oxygens (including phenoxy) is 1. The molecule has 1 aromatic heterocycles. The smallest absolute Gasteiger partial charge is 0.412 e. The minimum Gasteiger partial charge on any atom is -0.444 e. The summed E-state index contributed by atoms with van der Waals surface area (Å²) in [6.07, 6.45) is -0.570. The number of anilines is 1. The summed E-state index contributed by atoms with van der Waals surface area (Å²) >= 11 is 0. The van der Waals surface area contributed by atoms with Gasteiger partial charge in [0.15, 0.2) is 0 Å². The number of benzene rings is 1. The van der Waals surface area contributed by atoms with Crippen molar-refractivity contribution in [2.24, 2.45) is 0 Å². The van der Waals surface area contributed by atoms with Crippen LogP contribution in [0, 0.1) is 0 Å². The van der Waals surface area contributed by atoms with Gasteiger partial charge in [0.25, 0.3) is 5.91 Å². The molecule has 0 bridgehead atoms. The van der Waals surface area contributed by atoms with Gasteiger partial charge in [-0.3, -0.25) is 15.0 Å². The average molecular weight is 372 g/mol. The van der Waals surface area contributed by atoms with E-state index in [1.165, 1.54) is 7.05 Å². The van der Waals surface area contributed by atoms with Crippen molar-refractivity contribution in [3.8, 4) is 0 Å². The van der Waals surface area contributed by atoms with E-state index < -0.39 is 11.7 Å². The van der Waals surface area contributed by atoms with Crippen LogP contribution in [-0.2, 0) is 11.3 Å². The number of imide groups is 1. The van der Waals surface area contributed by atoms with Crippen LogP contribution in [0.25, 0.3) is 10.9 Å². The summed E-state index contributed by atoms with van der Waals surface area (Å²) in [5, 5.41) is 3.33. The second-order valence-corrected chi connectivity index (χ2v) is 7.53. The van der Waals surface area contributed by atoms with E-state index in [0.29, 0.717) is 35.4 Å². The summed E-state index contributed by atoms with van der Waals surface area (Å²) in [5.41, 5.74) is 1.80. The average Bonchev–Trinajstić information content (AvgIpc) is 2.89. The molecule has 0 unspecified atom stereocenters. The molecule has 1 aliphatic rings. The predicted molar refractivity (Wildman–Crippen MR) is 102 cm³/mol. The van der Waals surface area contributed by atoms with Crippen LogP contribution in [0.1, 0.15) is 43.7 Å². The maximum Gasteiger partial charge on any atom is 0.412 e. The fourth-order valence-corrected chi connectivity index (χ4v) is 3.08. The largest absolute Gasteiger partial charge is 0.444 e. The van der Waals surface area contributed by atoms with Crippen LogP contribution in [0.15, 0.2) is 18.2 Å². The van der Waals surface area contributed by atoms with Crippen molar-refractivity contribution in [3.05, 3.63) is 29.5 Å². The zero-order chi connectivity index (χ0) is 19.9. The van der Waals surface area contributed by atoms with Crippen LogP contribution in [0.4, 0.5) is 15.3 Å². The van der Waals surface area contributed by atoms with Crippen LogP contribution in [0.2, 0.25) is 0 Å². The first kappa shape index (κ1) is 18.8. The van der Waals surface area contributed by atoms with Crippen molar-refractivity contribution in [1.82, 2.24) is 14.8 Å². The lowest BCUT2D eigenvalue weighted by Gasteiger charge is -2.22. The van der Waals surface area contributed by atoms with E-state index in [9.17, 15) is 14.4 Å². The molecule has 8 heteroatoms. The monoisotopic (exact) mass is 372 g/mol. The second kappa shape index (κ2) is 6.61. The van der Waals surface area contributed by atoms with Gasteiger partial charge < -0.3 is 14.6 Å². The Labute approximate surface area is 157 Å². The summed E-state index contributed by atoms with van der Waals surface area (Å²) in [7, 11) is 1.48. The number of nitrogens with one attached hydrogen (secondary N) is 2. The van der Waals surface area contributed by atoms with Gasteiger partial charge in [-0.1, -0.05) is 0 Å². The Morgan fingerprint density at radius 3 is 2.63 bits per heavy atom. The van der Waals surface area contributed by atoms with Gasteiger partial charge in [0.1, 0.15) is 5.60 Å². The molecule has 8 nitrogen and oxygen atoms in total. The molecule has 0 spiro atoms. The molecule has 1 aliphatic heterocycles. The van der Waals surface area contributed by atoms with Crippen molar-refractivity contribution in [1.29, 1.82) is 0 Å². The van der Waals surface area contributed by atoms with Crippen molar-refractivity contribution < 1.29 is 19.1 Å². The molecule has 2 heterocycles. The maximum absolute atomic E-state index is 12.9. The SMILES string of the molecule is CCN1Cc2[nH]c3ccc(NC(=O)OC(C)(C)C)cc3c2C(=O)N(C)C1=O. The topological polar surface area (TPSA) is 94.7 Å². The summed E-state index contributed by atoms with van der Waals surface area (Å²) in [6, 6.07) is 4.91. The highest BCUT2D eigenvalue weighted by Gasteiger charge is 2.32. The van der Waals surface area contributed by atoms with Crippen molar-refractivity contribution in [2.45, 2.75) is 39.8 Å². The lowest BCUT2D eigenvalue weighted by atomic mass is 10.1. The number of H-pyrrole nitrogens is 1. The van der Waals surface area contributed by atoms with Crippen molar-refractivity contribution in [2.75, 3.05) is 18.9 Å². The number of hydrogen-bond acceptors (Lipinski definition) is 4. The van der Waals surface area contributed by atoms with Crippen molar-refractivity contribution in [3.63, 3.8) is 0 Å². The fourth-order valence-electron chi connectivity index (χ4n) is 3.08. The Balaban J connectivity index is 2.00. The molecule has 3 rings (SSSR count). The van der Waals surface area contributed by atoms with E-state index in [0.717, 1.165) is 10.4 Å². The molecule has 0 saturated carbocycles. The second-order valence-electron chi connectivity index (χ2n) is 7.53. The number of fused-ring (bicyclic) bond motifs is 3. The van der Waals surface area contributed by atoms with E-state index in [1.807, 2.05) is 6.92 Å². The highest BCUT2D eigenvalue weighted by Crippen LogP contribution is 2.30. The molecule has 0 atom stereocenters. The predicted octanol–water partition coefficient (Wildman–Crippen LogP) is 3.54. The molecule has 2 N–H and O–H groups in total. The summed E-state index contributed by atoms with van der Waals surface area (Å²) < 4.78 is 5.26. The third-order valence-electron chi connectivity index (χ3n) is 4.33. The van der Waals surface area contributed by atoms with Crippen LogP contribution >= 0.6 is 0 Å². The fraction of sp³-hybridized carbons (Fsp3) is 0.421. The molecule has 4 amide bonds. The van der Waals surface area contributed by atoms with Gasteiger partial charge in [-0.25, -0.2) is 9.59 Å². The Kier molecular flexibility index (Phi) is 4.59. The first-order valence-corrected chi connectivity index (χ1v) is 8.82. The molecule has 0 fully saturated rings. The Hall–Kier alpha value is -3.03. The van der Waals surface area contributed by atoms with E-state index in [1.54, 1.807) is 43.9 Å². The molecule has 0 aliphatic carbocycles. The Morgan fingerprint density at radius 2 is 2.00 bits per heavy atom. The van der Waals surface area contributed by atoms with Crippen molar-refractivity contribution >= 4 is 34.6 Å². The summed E-state index contributed by atoms with van der Waals surface area (Å²) in [4.78, 5) is 43.2. The molecule has 1 aromatic carbocycles. The Morgan fingerprint density at radius 1 is 1.30 bits per heavy atom. The van der Waals surface area contributed by atoms with Gasteiger partial charge in [-0.2, -0.15) is 0 Å². The number of nitrogens with zero attached hydrogens (tertiary/aromatic N) is 2. The van der Waals surface area contributed by atoms with E-state index >= 15 is 0 Å². The minimum absolute atomic E-state index is 0.324. The number of carbonyl (C=O) groups is 3. The number of urea groups is 1. The lowest BCUT2D eigenvalue weighted by Crippen LogP contribution is -2.41. The van der Waals surface area contributed by atoms with E-state index in [4.69, 9.17) is 4.74 Å². The molecule has 144 valence electrons. The van der Waals surface area contributed by atoms with E-state index in [2.05, 4.69) is 10.3 Å². The number of amides is 4. The number of hydrogen-bond donors (Lipinski definition) is 2. The third-order valence-corrected chi connectivity index (χ3v) is 4.33. The number of rotatable bonds is 2. The van der Waals surface area contributed by atoms with Crippen LogP contribution in [0.3, 0.4) is 0 Å².